The molecule has 3 aromatic heterocycles. The van der Waals surface area contributed by atoms with Gasteiger partial charge in [0.2, 0.25) is 5.78 Å². The molecule has 1 spiro atoms. The summed E-state index contributed by atoms with van der Waals surface area (Å²) in [5, 5.41) is 4.57. The van der Waals surface area contributed by atoms with Crippen LogP contribution in [0.2, 0.25) is 0 Å². The van der Waals surface area contributed by atoms with Crippen LogP contribution < -0.4 is 5.32 Å². The summed E-state index contributed by atoms with van der Waals surface area (Å²) in [6.07, 6.45) is 2.37. The van der Waals surface area contributed by atoms with Gasteiger partial charge in [-0.1, -0.05) is 18.2 Å². The van der Waals surface area contributed by atoms with E-state index < -0.39 is 17.3 Å². The molecule has 1 saturated heterocycles. The smallest absolute Gasteiger partial charge is 0.354 e. The Balaban J connectivity index is 1.07. The number of nitrogens with one attached hydrogen (secondary N) is 4. The molecule has 8 rings (SSSR count). The van der Waals surface area contributed by atoms with E-state index in [0.29, 0.717) is 35.0 Å². The van der Waals surface area contributed by atoms with Crippen molar-refractivity contribution in [1.82, 2.24) is 19.9 Å². The van der Waals surface area contributed by atoms with Crippen molar-refractivity contribution in [3.63, 3.8) is 0 Å². The summed E-state index contributed by atoms with van der Waals surface area (Å²) in [6, 6.07) is 18.2. The molecule has 2 atom stereocenters. The number of H-pyrrole nitrogens is 3. The molecule has 4 N–H and O–H groups in total. The molecule has 2 fully saturated rings. The monoisotopic (exact) mass is 545 g/mol. The normalized spacial score (nSPS) is 20.4. The first-order valence-corrected chi connectivity index (χ1v) is 13.3. The van der Waals surface area contributed by atoms with Gasteiger partial charge in [0.1, 0.15) is 17.1 Å². The lowest BCUT2D eigenvalue weighted by Crippen LogP contribution is -2.33. The van der Waals surface area contributed by atoms with Gasteiger partial charge in [-0.2, -0.15) is 0 Å². The second kappa shape index (κ2) is 8.07. The van der Waals surface area contributed by atoms with Crippen molar-refractivity contribution >= 4 is 51.1 Å². The number of hydrogen-bond donors (Lipinski definition) is 4. The van der Waals surface area contributed by atoms with E-state index in [2.05, 4.69) is 20.3 Å². The lowest BCUT2D eigenvalue weighted by atomic mass is 9.85. The summed E-state index contributed by atoms with van der Waals surface area (Å²) >= 11 is 0. The van der Waals surface area contributed by atoms with Crippen molar-refractivity contribution in [2.24, 2.45) is 5.92 Å². The number of rotatable bonds is 4. The number of methoxy groups -OCH3 is 1. The predicted octanol–water partition coefficient (Wildman–Crippen LogP) is 4.51. The molecular weight excluding hydrogens is 522 g/mol. The molecule has 2 amide bonds. The molecule has 10 heteroatoms. The maximum Gasteiger partial charge on any atom is 0.354 e. The maximum absolute atomic E-state index is 13.6. The Hall–Kier alpha value is -5.38. The average molecular weight is 546 g/mol. The molecule has 0 radical (unpaired) electrons. The average Bonchev–Trinajstić information content (AvgIpc) is 3.46. The van der Waals surface area contributed by atoms with Gasteiger partial charge in [-0.05, 0) is 60.4 Å². The van der Waals surface area contributed by atoms with Crippen LogP contribution >= 0.6 is 0 Å². The van der Waals surface area contributed by atoms with E-state index >= 15 is 0 Å². The lowest BCUT2D eigenvalue weighted by molar-refractivity contribution is 0.0594. The summed E-state index contributed by atoms with van der Waals surface area (Å²) in [7, 11) is 1.31. The molecule has 2 aliphatic carbocycles. The second-order valence-electron chi connectivity index (χ2n) is 10.9. The molecule has 0 bridgehead atoms. The molecule has 5 aromatic rings. The van der Waals surface area contributed by atoms with Gasteiger partial charge in [0.25, 0.3) is 11.8 Å². The number of aromatic nitrogens is 3. The molecule has 10 nitrogen and oxygen atoms in total. The maximum atomic E-state index is 13.6. The number of esters is 1. The Bertz CT molecular complexity index is 1990. The Kier molecular flexibility index (Phi) is 4.63. The van der Waals surface area contributed by atoms with E-state index in [1.807, 2.05) is 30.3 Å². The fourth-order valence-electron chi connectivity index (χ4n) is 6.57. The van der Waals surface area contributed by atoms with Crippen LogP contribution in [0.15, 0.2) is 72.4 Å². The van der Waals surface area contributed by atoms with Crippen LogP contribution in [0.3, 0.4) is 0 Å². The van der Waals surface area contributed by atoms with E-state index in [4.69, 9.17) is 4.74 Å². The number of likely N-dealkylation sites (tertiary alicyclic amines) is 1. The Labute approximate surface area is 232 Å². The Morgan fingerprint density at radius 2 is 1.71 bits per heavy atom. The third-order valence-electron chi connectivity index (χ3n) is 8.60. The first-order valence-electron chi connectivity index (χ1n) is 13.3. The minimum absolute atomic E-state index is 0.167. The van der Waals surface area contributed by atoms with Crippen molar-refractivity contribution in [2.75, 3.05) is 19.0 Å². The number of allylic oxidation sites excluding steroid dienone is 2. The number of amides is 2. The van der Waals surface area contributed by atoms with Gasteiger partial charge in [0, 0.05) is 51.2 Å². The van der Waals surface area contributed by atoms with Crippen molar-refractivity contribution < 1.29 is 23.9 Å². The van der Waals surface area contributed by atoms with Gasteiger partial charge in [-0.3, -0.25) is 14.4 Å². The molecule has 1 saturated carbocycles. The fourth-order valence-corrected chi connectivity index (χ4v) is 6.57. The quantitative estimate of drug-likeness (QED) is 0.246. The first kappa shape index (κ1) is 23.5. The number of anilines is 1. The molecule has 1 aliphatic heterocycles. The summed E-state index contributed by atoms with van der Waals surface area (Å²) in [5.74, 6) is -1.12. The Morgan fingerprint density at radius 1 is 0.927 bits per heavy atom. The first-order chi connectivity index (χ1) is 19.9. The minimum Gasteiger partial charge on any atom is -0.464 e. The number of aromatic amines is 3. The third-order valence-corrected chi connectivity index (χ3v) is 8.60. The molecule has 41 heavy (non-hydrogen) atoms. The van der Waals surface area contributed by atoms with Gasteiger partial charge in [0.15, 0.2) is 0 Å². The van der Waals surface area contributed by atoms with E-state index in [1.165, 1.54) is 7.11 Å². The number of carbonyl (C=O) groups is 4. The number of piperidine rings is 1. The lowest BCUT2D eigenvalue weighted by Gasteiger charge is -2.27. The third kappa shape index (κ3) is 3.30. The summed E-state index contributed by atoms with van der Waals surface area (Å²) in [4.78, 5) is 62.8. The van der Waals surface area contributed by atoms with Crippen molar-refractivity contribution in [3.05, 3.63) is 101 Å². The summed E-state index contributed by atoms with van der Waals surface area (Å²) < 4.78 is 4.76. The van der Waals surface area contributed by atoms with Crippen molar-refractivity contribution in [1.29, 1.82) is 0 Å². The number of hydrogen-bond acceptors (Lipinski definition) is 5. The van der Waals surface area contributed by atoms with Crippen LogP contribution in [0.5, 0.6) is 0 Å². The van der Waals surface area contributed by atoms with Gasteiger partial charge < -0.3 is 29.9 Å². The summed E-state index contributed by atoms with van der Waals surface area (Å²) in [5.41, 5.74) is 4.63. The Morgan fingerprint density at radius 3 is 2.54 bits per heavy atom. The number of ether oxygens (including phenoxy) is 1. The second-order valence-corrected chi connectivity index (χ2v) is 10.9. The van der Waals surface area contributed by atoms with E-state index in [1.54, 1.807) is 41.3 Å². The zero-order valence-corrected chi connectivity index (χ0v) is 21.8. The highest BCUT2D eigenvalue weighted by molar-refractivity contribution is 6.12. The van der Waals surface area contributed by atoms with Crippen LogP contribution in [0.1, 0.15) is 53.9 Å². The van der Waals surface area contributed by atoms with Crippen LogP contribution in [-0.4, -0.2) is 57.1 Å². The van der Waals surface area contributed by atoms with Crippen LogP contribution in [-0.2, 0) is 10.2 Å². The number of ketones is 1. The topological polar surface area (TPSA) is 140 Å². The number of nitrogens with zero attached hydrogens (tertiary/aromatic N) is 1. The molecule has 2 aromatic carbocycles. The van der Waals surface area contributed by atoms with Crippen LogP contribution in [0.25, 0.3) is 21.8 Å². The van der Waals surface area contributed by atoms with Gasteiger partial charge >= 0.3 is 5.97 Å². The van der Waals surface area contributed by atoms with E-state index in [-0.39, 0.29) is 23.3 Å². The number of fused-ring (bicyclic) bond motifs is 3. The van der Waals surface area contributed by atoms with Gasteiger partial charge in [0.05, 0.1) is 12.8 Å². The molecule has 3 aliphatic rings. The minimum atomic E-state index is -0.479. The standard InChI is InChI=1S/C31H23N5O5/c1-41-30(40)24-10-16-8-18(6-7-21(16)34-24)32-28(38)22-11-19-27(35-22)25(37)12-26-31(19)13-17(31)14-36(26)29(39)23-9-15-4-2-3-5-20(15)33-23/h2-12,17,33-35H,13-14H2,1H3,(H,32,38)/t17-,31-/m1/s1. The molecule has 4 heterocycles. The van der Waals surface area contributed by atoms with Crippen molar-refractivity contribution in [3.8, 4) is 0 Å². The highest BCUT2D eigenvalue weighted by atomic mass is 16.5. The fraction of sp³-hybridized carbons (Fsp3) is 0.161. The van der Waals surface area contributed by atoms with Crippen molar-refractivity contribution in [2.45, 2.75) is 11.8 Å². The molecule has 202 valence electrons. The highest BCUT2D eigenvalue weighted by Crippen LogP contribution is 2.66. The van der Waals surface area contributed by atoms with Gasteiger partial charge in [-0.15, -0.1) is 0 Å². The zero-order valence-electron chi connectivity index (χ0n) is 21.8. The number of carbonyl (C=O) groups excluding carboxylic acids is 4. The molecular formula is C31H23N5O5. The largest absolute Gasteiger partial charge is 0.464 e. The van der Waals surface area contributed by atoms with E-state index in [9.17, 15) is 19.2 Å². The van der Waals surface area contributed by atoms with Gasteiger partial charge in [-0.25, -0.2) is 4.79 Å². The zero-order chi connectivity index (χ0) is 28.0. The predicted molar refractivity (Wildman–Crippen MR) is 150 cm³/mol. The number of para-hydroxylation sites is 1. The molecule has 0 unspecified atom stereocenters. The van der Waals surface area contributed by atoms with E-state index in [0.717, 1.165) is 33.8 Å². The summed E-state index contributed by atoms with van der Waals surface area (Å²) in [6.45, 7) is 0.518. The van der Waals surface area contributed by atoms with Crippen LogP contribution in [0.4, 0.5) is 5.69 Å². The highest BCUT2D eigenvalue weighted by Gasteiger charge is 2.67. The number of benzene rings is 2. The SMILES string of the molecule is COC(=O)c1cc2cc(NC(=O)c3cc4c([nH]3)C(=O)C=C3N(C(=O)c5cc6ccccc6[nH]5)C[C@H]5C[C@]345)ccc2[nH]1. The van der Waals surface area contributed by atoms with Crippen LogP contribution in [0, 0.1) is 5.92 Å².